The van der Waals surface area contributed by atoms with E-state index in [0.29, 0.717) is 36.6 Å². The third-order valence-electron chi connectivity index (χ3n) is 7.81. The van der Waals surface area contributed by atoms with Crippen LogP contribution in [-0.2, 0) is 16.0 Å². The van der Waals surface area contributed by atoms with E-state index < -0.39 is 18.2 Å². The number of benzene rings is 2. The zero-order valence-corrected chi connectivity index (χ0v) is 24.7. The molecule has 0 unspecified atom stereocenters. The Balaban J connectivity index is 1.46. The summed E-state index contributed by atoms with van der Waals surface area (Å²) in [6.45, 7) is 4.80. The largest absolute Gasteiger partial charge is 0.494 e. The SMILES string of the molecule is CCCOc1cc(C(=O)N[C@@H](Cc2ccccc2)[C@H](O)CN[C@@H](C)C(=O)NC2CCCCC2)cc(N2CC=CC2=O)c1. The summed E-state index contributed by atoms with van der Waals surface area (Å²) in [5.74, 6) is -0.126. The molecule has 2 aromatic rings. The monoisotopic (exact) mass is 576 g/mol. The fourth-order valence-electron chi connectivity index (χ4n) is 5.35. The lowest BCUT2D eigenvalue weighted by molar-refractivity contribution is -0.123. The average molecular weight is 577 g/mol. The summed E-state index contributed by atoms with van der Waals surface area (Å²) in [6.07, 6.45) is 8.99. The first-order chi connectivity index (χ1) is 20.3. The lowest BCUT2D eigenvalue weighted by atomic mass is 9.95. The zero-order chi connectivity index (χ0) is 29.9. The number of nitrogens with one attached hydrogen (secondary N) is 3. The summed E-state index contributed by atoms with van der Waals surface area (Å²) in [7, 11) is 0. The Labute approximate surface area is 248 Å². The quantitative estimate of drug-likeness (QED) is 0.273. The van der Waals surface area contributed by atoms with Gasteiger partial charge in [0.05, 0.1) is 24.8 Å². The first-order valence-electron chi connectivity index (χ1n) is 15.2. The molecule has 9 nitrogen and oxygen atoms in total. The molecule has 1 saturated carbocycles. The van der Waals surface area contributed by atoms with Crippen molar-refractivity contribution in [1.82, 2.24) is 16.0 Å². The molecule has 0 aromatic heterocycles. The van der Waals surface area contributed by atoms with Crippen molar-refractivity contribution < 1.29 is 24.2 Å². The minimum atomic E-state index is -0.970. The van der Waals surface area contributed by atoms with Crippen molar-refractivity contribution in [1.29, 1.82) is 0 Å². The number of ether oxygens (including phenoxy) is 1. The van der Waals surface area contributed by atoms with Crippen LogP contribution in [0.15, 0.2) is 60.7 Å². The zero-order valence-electron chi connectivity index (χ0n) is 24.7. The molecule has 42 heavy (non-hydrogen) atoms. The molecular formula is C33H44N4O5. The summed E-state index contributed by atoms with van der Waals surface area (Å²) >= 11 is 0. The molecule has 1 aliphatic heterocycles. The molecule has 2 aliphatic rings. The van der Waals surface area contributed by atoms with Gasteiger partial charge in [0, 0.05) is 42.5 Å². The number of carbonyl (C=O) groups is 3. The van der Waals surface area contributed by atoms with E-state index in [0.717, 1.165) is 37.7 Å². The lowest BCUT2D eigenvalue weighted by Crippen LogP contribution is -2.53. The van der Waals surface area contributed by atoms with E-state index in [1.54, 1.807) is 36.1 Å². The maximum absolute atomic E-state index is 13.6. The number of carbonyl (C=O) groups excluding carboxylic acids is 3. The predicted molar refractivity (Wildman–Crippen MR) is 164 cm³/mol. The number of aliphatic hydroxyl groups excluding tert-OH is 1. The van der Waals surface area contributed by atoms with E-state index >= 15 is 0 Å². The van der Waals surface area contributed by atoms with Crippen LogP contribution in [0.3, 0.4) is 0 Å². The van der Waals surface area contributed by atoms with Gasteiger partial charge in [-0.1, -0.05) is 62.6 Å². The molecule has 4 N–H and O–H groups in total. The normalized spacial score (nSPS) is 17.5. The van der Waals surface area contributed by atoms with E-state index in [2.05, 4.69) is 16.0 Å². The second-order valence-corrected chi connectivity index (χ2v) is 11.2. The van der Waals surface area contributed by atoms with Crippen molar-refractivity contribution in [2.75, 3.05) is 24.6 Å². The minimum absolute atomic E-state index is 0.0832. The molecule has 1 heterocycles. The Morgan fingerprint density at radius 1 is 1.10 bits per heavy atom. The van der Waals surface area contributed by atoms with Gasteiger partial charge in [-0.15, -0.1) is 0 Å². The van der Waals surface area contributed by atoms with E-state index in [9.17, 15) is 19.5 Å². The third-order valence-corrected chi connectivity index (χ3v) is 7.81. The smallest absolute Gasteiger partial charge is 0.251 e. The topological polar surface area (TPSA) is 120 Å². The van der Waals surface area contributed by atoms with Crippen molar-refractivity contribution in [2.24, 2.45) is 0 Å². The number of aliphatic hydroxyl groups is 1. The lowest BCUT2D eigenvalue weighted by Gasteiger charge is -2.28. The van der Waals surface area contributed by atoms with Gasteiger partial charge in [0.25, 0.3) is 11.8 Å². The van der Waals surface area contributed by atoms with E-state index in [1.165, 1.54) is 12.5 Å². The summed E-state index contributed by atoms with van der Waals surface area (Å²) in [5, 5.41) is 20.5. The average Bonchev–Trinajstić information content (AvgIpc) is 3.44. The minimum Gasteiger partial charge on any atom is -0.494 e. The van der Waals surface area contributed by atoms with Crippen molar-refractivity contribution in [3.8, 4) is 5.75 Å². The van der Waals surface area contributed by atoms with Crippen LogP contribution in [-0.4, -0.2) is 66.8 Å². The molecule has 3 amide bonds. The van der Waals surface area contributed by atoms with Crippen LogP contribution < -0.4 is 25.6 Å². The van der Waals surface area contributed by atoms with Gasteiger partial charge in [-0.05, 0) is 50.3 Å². The highest BCUT2D eigenvalue weighted by molar-refractivity contribution is 6.05. The molecule has 0 saturated heterocycles. The van der Waals surface area contributed by atoms with Crippen LogP contribution >= 0.6 is 0 Å². The fraction of sp³-hybridized carbons (Fsp3) is 0.485. The number of nitrogens with zero attached hydrogens (tertiary/aromatic N) is 1. The molecule has 9 heteroatoms. The van der Waals surface area contributed by atoms with Gasteiger partial charge in [0.2, 0.25) is 5.91 Å². The van der Waals surface area contributed by atoms with Crippen molar-refractivity contribution >= 4 is 23.4 Å². The van der Waals surface area contributed by atoms with Crippen molar-refractivity contribution in [3.05, 3.63) is 71.8 Å². The number of rotatable bonds is 14. The Hall–Kier alpha value is -3.69. The number of amides is 3. The van der Waals surface area contributed by atoms with Crippen LogP contribution in [0.2, 0.25) is 0 Å². The number of hydrogen-bond acceptors (Lipinski definition) is 6. The molecule has 1 fully saturated rings. The van der Waals surface area contributed by atoms with Crippen LogP contribution in [0, 0.1) is 0 Å². The maximum atomic E-state index is 13.6. The van der Waals surface area contributed by atoms with Gasteiger partial charge >= 0.3 is 0 Å². The number of hydrogen-bond donors (Lipinski definition) is 4. The Morgan fingerprint density at radius 2 is 1.86 bits per heavy atom. The van der Waals surface area contributed by atoms with E-state index in [4.69, 9.17) is 4.74 Å². The molecule has 0 spiro atoms. The van der Waals surface area contributed by atoms with Crippen molar-refractivity contribution in [2.45, 2.75) is 83.0 Å². The highest BCUT2D eigenvalue weighted by Crippen LogP contribution is 2.27. The first-order valence-corrected chi connectivity index (χ1v) is 15.2. The van der Waals surface area contributed by atoms with E-state index in [-0.39, 0.29) is 30.3 Å². The van der Waals surface area contributed by atoms with Crippen LogP contribution in [0.4, 0.5) is 5.69 Å². The van der Waals surface area contributed by atoms with Crippen LogP contribution in [0.5, 0.6) is 5.75 Å². The van der Waals surface area contributed by atoms with Gasteiger partial charge in [0.1, 0.15) is 5.75 Å². The molecule has 3 atom stereocenters. The molecule has 0 bridgehead atoms. The van der Waals surface area contributed by atoms with E-state index in [1.807, 2.05) is 37.3 Å². The van der Waals surface area contributed by atoms with Gasteiger partial charge in [-0.25, -0.2) is 0 Å². The third kappa shape index (κ3) is 8.90. The fourth-order valence-corrected chi connectivity index (χ4v) is 5.35. The van der Waals surface area contributed by atoms with Gasteiger partial charge in [-0.2, -0.15) is 0 Å². The van der Waals surface area contributed by atoms with Gasteiger partial charge < -0.3 is 30.7 Å². The molecule has 1 aliphatic carbocycles. The van der Waals surface area contributed by atoms with Crippen molar-refractivity contribution in [3.63, 3.8) is 0 Å². The van der Waals surface area contributed by atoms with Gasteiger partial charge in [-0.3, -0.25) is 14.4 Å². The second kappa shape index (κ2) is 15.5. The Morgan fingerprint density at radius 3 is 2.55 bits per heavy atom. The maximum Gasteiger partial charge on any atom is 0.251 e. The second-order valence-electron chi connectivity index (χ2n) is 11.2. The molecule has 226 valence electrons. The predicted octanol–water partition coefficient (Wildman–Crippen LogP) is 3.51. The summed E-state index contributed by atoms with van der Waals surface area (Å²) in [5.41, 5.74) is 1.86. The van der Waals surface area contributed by atoms with Crippen LogP contribution in [0.25, 0.3) is 0 Å². The standard InChI is InChI=1S/C33H44N4O5/c1-3-17-42-28-20-25(19-27(21-28)37-16-10-15-31(37)39)33(41)36-29(18-24-11-6-4-7-12-24)30(38)22-34-23(2)32(40)35-26-13-8-5-9-14-26/h4,6-7,10-12,15,19-21,23,26,29-30,34,38H,3,5,8-9,13-14,16-18,22H2,1-2H3,(H,35,40)(H,36,41)/t23-,29-,30+/m0/s1. The Bertz CT molecular complexity index is 1230. The molecule has 0 radical (unpaired) electrons. The summed E-state index contributed by atoms with van der Waals surface area (Å²) in [6, 6.07) is 13.8. The molecule has 2 aromatic carbocycles. The molecular weight excluding hydrogens is 532 g/mol. The Kier molecular flexibility index (Phi) is 11.5. The molecule has 4 rings (SSSR count). The summed E-state index contributed by atoms with van der Waals surface area (Å²) in [4.78, 5) is 40.3. The summed E-state index contributed by atoms with van der Waals surface area (Å²) < 4.78 is 5.84. The van der Waals surface area contributed by atoms with Crippen LogP contribution in [0.1, 0.15) is 68.3 Å². The number of anilines is 1. The van der Waals surface area contributed by atoms with Gasteiger partial charge in [0.15, 0.2) is 0 Å². The first kappa shape index (κ1) is 31.3. The highest BCUT2D eigenvalue weighted by Gasteiger charge is 2.26. The highest BCUT2D eigenvalue weighted by atomic mass is 16.5.